The lowest BCUT2D eigenvalue weighted by Crippen LogP contribution is -2.18. The molecule has 3 nitrogen and oxygen atoms in total. The highest BCUT2D eigenvalue weighted by Gasteiger charge is 2.28. The fourth-order valence-corrected chi connectivity index (χ4v) is 2.76. The highest BCUT2D eigenvalue weighted by molar-refractivity contribution is 5.77. The lowest BCUT2D eigenvalue weighted by molar-refractivity contribution is 0.533. The maximum Gasteiger partial charge on any atom is 0.198 e. The Balaban J connectivity index is 1.76. The maximum absolute atomic E-state index is 5.81. The van der Waals surface area contributed by atoms with E-state index in [-0.39, 0.29) is 0 Å². The van der Waals surface area contributed by atoms with E-state index in [1.54, 1.807) is 0 Å². The Kier molecular flexibility index (Phi) is 3.95. The van der Waals surface area contributed by atoms with E-state index in [0.717, 1.165) is 17.0 Å². The van der Waals surface area contributed by atoms with Crippen molar-refractivity contribution in [1.82, 2.24) is 4.98 Å². The van der Waals surface area contributed by atoms with Crippen LogP contribution >= 0.6 is 0 Å². The second kappa shape index (κ2) is 5.86. The molecule has 1 aromatic heterocycles. The normalized spacial score (nSPS) is 15.2. The average Bonchev–Trinajstić information content (AvgIpc) is 3.19. The molecule has 0 spiro atoms. The van der Waals surface area contributed by atoms with Gasteiger partial charge in [0.25, 0.3) is 0 Å². The highest BCUT2D eigenvalue weighted by atomic mass is 16.3. The van der Waals surface area contributed by atoms with E-state index in [9.17, 15) is 0 Å². The summed E-state index contributed by atoms with van der Waals surface area (Å²) < 4.78 is 5.81. The van der Waals surface area contributed by atoms with Gasteiger partial charge in [0.2, 0.25) is 0 Å². The molecule has 108 valence electrons. The molecule has 0 amide bonds. The smallest absolute Gasteiger partial charge is 0.198 e. The summed E-state index contributed by atoms with van der Waals surface area (Å²) in [6, 6.07) is 6.86. The van der Waals surface area contributed by atoms with Crippen molar-refractivity contribution in [2.75, 3.05) is 5.32 Å². The van der Waals surface area contributed by atoms with Crippen LogP contribution in [-0.2, 0) is 0 Å². The van der Waals surface area contributed by atoms with Crippen LogP contribution in [0.1, 0.15) is 64.2 Å². The Bertz CT molecular complexity index is 565. The van der Waals surface area contributed by atoms with Gasteiger partial charge < -0.3 is 9.73 Å². The van der Waals surface area contributed by atoms with E-state index in [1.165, 1.54) is 44.2 Å². The lowest BCUT2D eigenvalue weighted by atomic mass is 10.1. The summed E-state index contributed by atoms with van der Waals surface area (Å²) in [4.78, 5) is 4.63. The largest absolute Gasteiger partial charge is 0.440 e. The Hall–Kier alpha value is -1.51. The lowest BCUT2D eigenvalue weighted by Gasteiger charge is -2.18. The number of oxazole rings is 1. The first-order valence-electron chi connectivity index (χ1n) is 7.97. The van der Waals surface area contributed by atoms with Crippen LogP contribution in [0.2, 0.25) is 0 Å². The molecule has 0 bridgehead atoms. The quantitative estimate of drug-likeness (QED) is 0.763. The van der Waals surface area contributed by atoms with Gasteiger partial charge in [-0.25, -0.2) is 4.98 Å². The van der Waals surface area contributed by atoms with Crippen LogP contribution in [0.3, 0.4) is 0 Å². The first-order valence-corrected chi connectivity index (χ1v) is 7.97. The minimum atomic E-state index is 0.567. The fraction of sp³-hybridized carbons (Fsp3) is 0.588. The molecule has 2 aromatic rings. The predicted octanol–water partition coefficient (Wildman–Crippen LogP) is 5.09. The van der Waals surface area contributed by atoms with Crippen molar-refractivity contribution in [2.24, 2.45) is 0 Å². The molecule has 1 aromatic carbocycles. The van der Waals surface area contributed by atoms with Crippen LogP contribution in [0, 0.1) is 0 Å². The topological polar surface area (TPSA) is 38.1 Å². The van der Waals surface area contributed by atoms with Gasteiger partial charge in [0.05, 0.1) is 0 Å². The summed E-state index contributed by atoms with van der Waals surface area (Å²) >= 11 is 0. The number of hydrogen-bond acceptors (Lipinski definition) is 3. The number of nitrogens with zero attached hydrogens (tertiary/aromatic N) is 1. The van der Waals surface area contributed by atoms with Crippen molar-refractivity contribution in [3.05, 3.63) is 24.1 Å². The van der Waals surface area contributed by atoms with Gasteiger partial charge in [0.1, 0.15) is 5.52 Å². The zero-order valence-corrected chi connectivity index (χ0v) is 12.5. The fourth-order valence-electron chi connectivity index (χ4n) is 2.76. The minimum absolute atomic E-state index is 0.567. The van der Waals surface area contributed by atoms with Gasteiger partial charge in [0, 0.05) is 17.6 Å². The molecule has 1 aliphatic rings. The summed E-state index contributed by atoms with van der Waals surface area (Å²) in [7, 11) is 0. The third-order valence-electron chi connectivity index (χ3n) is 3.98. The van der Waals surface area contributed by atoms with Gasteiger partial charge in [-0.3, -0.25) is 0 Å². The molecule has 1 aliphatic carbocycles. The number of anilines is 1. The molecule has 0 aliphatic heterocycles. The zero-order chi connectivity index (χ0) is 13.9. The second-order valence-corrected chi connectivity index (χ2v) is 5.93. The Morgan fingerprint density at radius 1 is 1.25 bits per heavy atom. The van der Waals surface area contributed by atoms with Crippen LogP contribution in [0.15, 0.2) is 22.6 Å². The van der Waals surface area contributed by atoms with E-state index < -0.39 is 0 Å². The molecule has 1 fully saturated rings. The number of benzene rings is 1. The average molecular weight is 272 g/mol. The highest BCUT2D eigenvalue weighted by Crippen LogP contribution is 2.40. The molecule has 20 heavy (non-hydrogen) atoms. The van der Waals surface area contributed by atoms with Crippen molar-refractivity contribution in [2.45, 2.75) is 64.3 Å². The van der Waals surface area contributed by atoms with E-state index in [1.807, 2.05) is 6.07 Å². The van der Waals surface area contributed by atoms with Crippen LogP contribution in [0.5, 0.6) is 0 Å². The molecule has 0 unspecified atom stereocenters. The molecule has 1 saturated carbocycles. The second-order valence-electron chi connectivity index (χ2n) is 5.93. The van der Waals surface area contributed by atoms with Crippen LogP contribution in [0.4, 0.5) is 5.69 Å². The molecular weight excluding hydrogens is 248 g/mol. The van der Waals surface area contributed by atoms with Gasteiger partial charge in [-0.1, -0.05) is 26.7 Å². The Labute approximate surface area is 120 Å². The summed E-state index contributed by atoms with van der Waals surface area (Å²) in [6.07, 6.45) is 7.33. The number of nitrogens with one attached hydrogen (secondary N) is 1. The van der Waals surface area contributed by atoms with Crippen molar-refractivity contribution in [3.8, 4) is 0 Å². The molecule has 3 heteroatoms. The Morgan fingerprint density at radius 3 is 2.65 bits per heavy atom. The van der Waals surface area contributed by atoms with Crippen LogP contribution in [0.25, 0.3) is 11.1 Å². The van der Waals surface area contributed by atoms with Gasteiger partial charge in [-0.15, -0.1) is 0 Å². The van der Waals surface area contributed by atoms with Gasteiger partial charge >= 0.3 is 0 Å². The molecular formula is C17H24N2O. The van der Waals surface area contributed by atoms with E-state index >= 15 is 0 Å². The van der Waals surface area contributed by atoms with Crippen molar-refractivity contribution < 1.29 is 4.42 Å². The summed E-state index contributed by atoms with van der Waals surface area (Å²) in [5.74, 6) is 1.50. The SMILES string of the molecule is CCCC(CCC)Nc1ccc2oc(C3CC3)nc2c1. The molecule has 0 saturated heterocycles. The standard InChI is InChI=1S/C17H24N2O/c1-3-5-13(6-4-2)18-14-9-10-16-15(11-14)19-17(20-16)12-7-8-12/h9-13,18H,3-8H2,1-2H3. The monoisotopic (exact) mass is 272 g/mol. The summed E-state index contributed by atoms with van der Waals surface area (Å²) in [5, 5.41) is 3.65. The Morgan fingerprint density at radius 2 is 2.00 bits per heavy atom. The number of rotatable bonds is 7. The first kappa shape index (κ1) is 13.5. The van der Waals surface area contributed by atoms with E-state index in [0.29, 0.717) is 12.0 Å². The maximum atomic E-state index is 5.81. The molecule has 1 heterocycles. The van der Waals surface area contributed by atoms with Gasteiger partial charge in [0.15, 0.2) is 11.5 Å². The van der Waals surface area contributed by atoms with Gasteiger partial charge in [-0.2, -0.15) is 0 Å². The predicted molar refractivity (Wildman–Crippen MR) is 83.2 cm³/mol. The van der Waals surface area contributed by atoms with E-state index in [2.05, 4.69) is 36.3 Å². The zero-order valence-electron chi connectivity index (χ0n) is 12.5. The van der Waals surface area contributed by atoms with Gasteiger partial charge in [-0.05, 0) is 43.9 Å². The number of hydrogen-bond donors (Lipinski definition) is 1. The third-order valence-corrected chi connectivity index (χ3v) is 3.98. The molecule has 1 N–H and O–H groups in total. The van der Waals surface area contributed by atoms with Crippen molar-refractivity contribution in [1.29, 1.82) is 0 Å². The molecule has 0 radical (unpaired) electrons. The summed E-state index contributed by atoms with van der Waals surface area (Å²) in [6.45, 7) is 4.49. The number of fused-ring (bicyclic) bond motifs is 1. The van der Waals surface area contributed by atoms with Crippen molar-refractivity contribution in [3.63, 3.8) is 0 Å². The third kappa shape index (κ3) is 2.97. The minimum Gasteiger partial charge on any atom is -0.440 e. The van der Waals surface area contributed by atoms with Crippen LogP contribution in [-0.4, -0.2) is 11.0 Å². The summed E-state index contributed by atoms with van der Waals surface area (Å²) in [5.41, 5.74) is 3.07. The number of aromatic nitrogens is 1. The van der Waals surface area contributed by atoms with Crippen LogP contribution < -0.4 is 5.32 Å². The molecule has 3 rings (SSSR count). The molecule has 0 atom stereocenters. The van der Waals surface area contributed by atoms with E-state index in [4.69, 9.17) is 4.42 Å². The first-order chi connectivity index (χ1) is 9.80. The van der Waals surface area contributed by atoms with Crippen molar-refractivity contribution >= 4 is 16.8 Å².